The average Bonchev–Trinajstić information content (AvgIpc) is 2.90. The molecule has 3 aromatic rings. The number of benzene rings is 3. The van der Waals surface area contributed by atoms with Gasteiger partial charge in [0, 0.05) is 5.56 Å². The summed E-state index contributed by atoms with van der Waals surface area (Å²) in [7, 11) is 3.38. The third kappa shape index (κ3) is 3.16. The molecular formula is C29H26O3. The normalized spacial score (nSPS) is 16.4. The smallest absolute Gasteiger partial charge is 0.186 e. The molecule has 3 heteroatoms. The monoisotopic (exact) mass is 422 g/mol. The molecule has 5 rings (SSSR count). The second-order valence-corrected chi connectivity index (χ2v) is 9.03. The Hall–Kier alpha value is -3.59. The Morgan fingerprint density at radius 3 is 2.09 bits per heavy atom. The second kappa shape index (κ2) is 7.52. The summed E-state index contributed by atoms with van der Waals surface area (Å²) in [4.78, 5) is 13.1. The number of ketones is 1. The molecule has 0 aliphatic heterocycles. The van der Waals surface area contributed by atoms with Gasteiger partial charge in [-0.3, -0.25) is 4.79 Å². The fourth-order valence-electron chi connectivity index (χ4n) is 5.00. The molecule has 0 N–H and O–H groups in total. The predicted octanol–water partition coefficient (Wildman–Crippen LogP) is 6.37. The van der Waals surface area contributed by atoms with Gasteiger partial charge in [-0.2, -0.15) is 0 Å². The SMILES string of the molecule is COc1ccc(C2=C3C(=CC(=O)c4ccccc43)C(C)(C)Cc3cc(OC)ccc32)cc1. The van der Waals surface area contributed by atoms with E-state index in [1.165, 1.54) is 11.1 Å². The third-order valence-corrected chi connectivity index (χ3v) is 6.58. The summed E-state index contributed by atoms with van der Waals surface area (Å²) in [5.41, 5.74) is 8.37. The number of allylic oxidation sites excluding steroid dienone is 3. The van der Waals surface area contributed by atoms with Crippen LogP contribution in [0.1, 0.15) is 46.5 Å². The molecule has 0 amide bonds. The first-order chi connectivity index (χ1) is 15.4. The molecule has 0 atom stereocenters. The molecule has 160 valence electrons. The van der Waals surface area contributed by atoms with E-state index in [2.05, 4.69) is 44.2 Å². The van der Waals surface area contributed by atoms with Crippen molar-refractivity contribution < 1.29 is 14.3 Å². The predicted molar refractivity (Wildman–Crippen MR) is 128 cm³/mol. The van der Waals surface area contributed by atoms with Gasteiger partial charge in [-0.25, -0.2) is 0 Å². The van der Waals surface area contributed by atoms with Crippen LogP contribution in [0.5, 0.6) is 11.5 Å². The Bertz CT molecular complexity index is 1290. The molecule has 0 spiro atoms. The summed E-state index contributed by atoms with van der Waals surface area (Å²) in [6.45, 7) is 4.44. The molecular weight excluding hydrogens is 396 g/mol. The molecule has 0 fully saturated rings. The molecule has 0 saturated carbocycles. The van der Waals surface area contributed by atoms with Crippen LogP contribution in [0.2, 0.25) is 0 Å². The lowest BCUT2D eigenvalue weighted by Gasteiger charge is -2.32. The van der Waals surface area contributed by atoms with Crippen LogP contribution in [0.4, 0.5) is 0 Å². The van der Waals surface area contributed by atoms with Gasteiger partial charge >= 0.3 is 0 Å². The van der Waals surface area contributed by atoms with E-state index in [4.69, 9.17) is 9.47 Å². The summed E-state index contributed by atoms with van der Waals surface area (Å²) in [6, 6.07) is 22.4. The summed E-state index contributed by atoms with van der Waals surface area (Å²) in [5.74, 6) is 1.73. The van der Waals surface area contributed by atoms with Crippen LogP contribution in [-0.2, 0) is 6.42 Å². The van der Waals surface area contributed by atoms with E-state index >= 15 is 0 Å². The highest BCUT2D eigenvalue weighted by Crippen LogP contribution is 2.51. The Kier molecular flexibility index (Phi) is 4.78. The van der Waals surface area contributed by atoms with Crippen LogP contribution >= 0.6 is 0 Å². The van der Waals surface area contributed by atoms with Gasteiger partial charge in [-0.1, -0.05) is 56.3 Å². The molecule has 3 nitrogen and oxygen atoms in total. The number of methoxy groups -OCH3 is 2. The number of carbonyl (C=O) groups excluding carboxylic acids is 1. The van der Waals surface area contributed by atoms with E-state index in [-0.39, 0.29) is 11.2 Å². The van der Waals surface area contributed by atoms with Gasteiger partial charge in [0.25, 0.3) is 0 Å². The van der Waals surface area contributed by atoms with Crippen LogP contribution in [0.25, 0.3) is 11.1 Å². The van der Waals surface area contributed by atoms with Gasteiger partial charge < -0.3 is 9.47 Å². The summed E-state index contributed by atoms with van der Waals surface area (Å²) < 4.78 is 11.0. The van der Waals surface area contributed by atoms with Crippen LogP contribution in [0, 0.1) is 5.41 Å². The van der Waals surface area contributed by atoms with Gasteiger partial charge in [0.05, 0.1) is 14.2 Å². The maximum Gasteiger partial charge on any atom is 0.186 e. The lowest BCUT2D eigenvalue weighted by atomic mass is 9.71. The van der Waals surface area contributed by atoms with Crippen molar-refractivity contribution in [2.45, 2.75) is 20.3 Å². The molecule has 0 aromatic heterocycles. The van der Waals surface area contributed by atoms with Crippen LogP contribution in [0.3, 0.4) is 0 Å². The minimum Gasteiger partial charge on any atom is -0.497 e. The van der Waals surface area contributed by atoms with Gasteiger partial charge in [0.15, 0.2) is 5.78 Å². The quantitative estimate of drug-likeness (QED) is 0.492. The molecule has 3 aromatic carbocycles. The van der Waals surface area contributed by atoms with Gasteiger partial charge in [-0.05, 0) is 81.2 Å². The topological polar surface area (TPSA) is 35.5 Å². The highest BCUT2D eigenvalue weighted by atomic mass is 16.5. The zero-order valence-electron chi connectivity index (χ0n) is 18.9. The molecule has 0 heterocycles. The lowest BCUT2D eigenvalue weighted by Crippen LogP contribution is -2.22. The molecule has 2 aliphatic rings. The van der Waals surface area contributed by atoms with Crippen molar-refractivity contribution in [3.05, 3.63) is 106 Å². The first kappa shape index (κ1) is 20.3. The van der Waals surface area contributed by atoms with E-state index in [1.54, 1.807) is 14.2 Å². The molecule has 0 bridgehead atoms. The van der Waals surface area contributed by atoms with Crippen molar-refractivity contribution in [2.24, 2.45) is 5.41 Å². The van der Waals surface area contributed by atoms with Crippen LogP contribution < -0.4 is 9.47 Å². The van der Waals surface area contributed by atoms with Crippen molar-refractivity contribution in [3.63, 3.8) is 0 Å². The van der Waals surface area contributed by atoms with E-state index < -0.39 is 0 Å². The minimum absolute atomic E-state index is 0.0741. The fourth-order valence-corrected chi connectivity index (χ4v) is 5.00. The highest BCUT2D eigenvalue weighted by molar-refractivity contribution is 6.19. The molecule has 2 aliphatic carbocycles. The van der Waals surface area contributed by atoms with Crippen molar-refractivity contribution >= 4 is 16.9 Å². The van der Waals surface area contributed by atoms with E-state index in [9.17, 15) is 4.79 Å². The standard InChI is InChI=1S/C29H26O3/c1-29(2)17-19-15-21(32-4)13-14-22(19)27(18-9-11-20(31-3)12-10-18)28-24-8-6-5-7-23(24)26(30)16-25(28)29/h5-16H,17H2,1-4H3. The zero-order chi connectivity index (χ0) is 22.5. The van der Waals surface area contributed by atoms with Crippen LogP contribution in [0.15, 0.2) is 78.4 Å². The lowest BCUT2D eigenvalue weighted by molar-refractivity contribution is 0.104. The Balaban J connectivity index is 1.92. The van der Waals surface area contributed by atoms with E-state index in [0.29, 0.717) is 0 Å². The van der Waals surface area contributed by atoms with Gasteiger partial charge in [0.1, 0.15) is 11.5 Å². The summed E-state index contributed by atoms with van der Waals surface area (Å²) in [6.07, 6.45) is 2.66. The Morgan fingerprint density at radius 1 is 0.750 bits per heavy atom. The highest BCUT2D eigenvalue weighted by Gasteiger charge is 2.38. The maximum atomic E-state index is 13.1. The van der Waals surface area contributed by atoms with Crippen molar-refractivity contribution in [3.8, 4) is 11.5 Å². The molecule has 0 radical (unpaired) electrons. The largest absolute Gasteiger partial charge is 0.497 e. The zero-order valence-corrected chi connectivity index (χ0v) is 18.9. The van der Waals surface area contributed by atoms with Crippen molar-refractivity contribution in [1.82, 2.24) is 0 Å². The molecule has 32 heavy (non-hydrogen) atoms. The Labute approximate surface area is 189 Å². The van der Waals surface area contributed by atoms with E-state index in [1.807, 2.05) is 42.5 Å². The first-order valence-electron chi connectivity index (χ1n) is 10.9. The van der Waals surface area contributed by atoms with Gasteiger partial charge in [0.2, 0.25) is 0 Å². The second-order valence-electron chi connectivity index (χ2n) is 9.03. The number of carbonyl (C=O) groups is 1. The third-order valence-electron chi connectivity index (χ3n) is 6.58. The maximum absolute atomic E-state index is 13.1. The van der Waals surface area contributed by atoms with E-state index in [0.717, 1.165) is 51.3 Å². The first-order valence-corrected chi connectivity index (χ1v) is 10.9. The van der Waals surface area contributed by atoms with Crippen molar-refractivity contribution in [1.29, 1.82) is 0 Å². The van der Waals surface area contributed by atoms with Crippen LogP contribution in [-0.4, -0.2) is 20.0 Å². The number of fused-ring (bicyclic) bond motifs is 4. The number of rotatable bonds is 3. The summed E-state index contributed by atoms with van der Waals surface area (Å²) >= 11 is 0. The molecule has 0 saturated heterocycles. The van der Waals surface area contributed by atoms with Crippen molar-refractivity contribution in [2.75, 3.05) is 14.2 Å². The average molecular weight is 423 g/mol. The number of hydrogen-bond acceptors (Lipinski definition) is 3. The number of ether oxygens (including phenoxy) is 2. The Morgan fingerprint density at radius 2 is 1.41 bits per heavy atom. The molecule has 0 unspecified atom stereocenters. The van der Waals surface area contributed by atoms with Gasteiger partial charge in [-0.15, -0.1) is 0 Å². The fraction of sp³-hybridized carbons (Fsp3) is 0.207. The number of hydrogen-bond donors (Lipinski definition) is 0. The summed E-state index contributed by atoms with van der Waals surface area (Å²) in [5, 5.41) is 0. The minimum atomic E-state index is -0.228.